The molecule has 0 radical (unpaired) electrons. The van der Waals surface area contributed by atoms with Crippen LogP contribution < -0.4 is 10.1 Å². The quantitative estimate of drug-likeness (QED) is 0.860. The van der Waals surface area contributed by atoms with E-state index in [1.807, 2.05) is 12.1 Å². The third kappa shape index (κ3) is 5.93. The molecule has 19 heavy (non-hydrogen) atoms. The van der Waals surface area contributed by atoms with Gasteiger partial charge in [0.15, 0.2) is 0 Å². The van der Waals surface area contributed by atoms with Gasteiger partial charge in [-0.05, 0) is 44.4 Å². The lowest BCUT2D eigenvalue weighted by atomic mass is 9.98. The summed E-state index contributed by atoms with van der Waals surface area (Å²) in [5, 5.41) is 3.55. The van der Waals surface area contributed by atoms with E-state index in [1.165, 1.54) is 11.1 Å². The van der Waals surface area contributed by atoms with E-state index in [9.17, 15) is 0 Å². The monoisotopic (exact) mass is 261 g/mol. The number of benzene rings is 1. The van der Waals surface area contributed by atoms with Crippen LogP contribution in [-0.2, 0) is 0 Å². The number of nitrogens with one attached hydrogen (secondary N) is 1. The minimum absolute atomic E-state index is 0.147. The molecule has 0 aliphatic rings. The lowest BCUT2D eigenvalue weighted by molar-refractivity contribution is 0.415. The molecule has 1 aromatic rings. The largest absolute Gasteiger partial charge is 0.497 e. The van der Waals surface area contributed by atoms with Crippen molar-refractivity contribution in [1.29, 1.82) is 0 Å². The zero-order valence-corrected chi connectivity index (χ0v) is 13.1. The molecule has 106 valence electrons. The molecule has 0 atom stereocenters. The molecule has 0 spiro atoms. The molecule has 0 aromatic heterocycles. The molecule has 0 fully saturated rings. The van der Waals surface area contributed by atoms with Crippen molar-refractivity contribution < 1.29 is 4.74 Å². The highest BCUT2D eigenvalue weighted by Gasteiger charge is 2.11. The number of ether oxygens (including phenoxy) is 1. The third-order valence-corrected chi connectivity index (χ3v) is 3.03. The molecule has 1 aromatic carbocycles. The Kier molecular flexibility index (Phi) is 5.61. The molecule has 0 heterocycles. The van der Waals surface area contributed by atoms with Crippen molar-refractivity contribution in [3.63, 3.8) is 0 Å². The van der Waals surface area contributed by atoms with Gasteiger partial charge in [0.2, 0.25) is 0 Å². The average Bonchev–Trinajstić information content (AvgIpc) is 2.33. The smallest absolute Gasteiger partial charge is 0.118 e. The molecule has 0 saturated heterocycles. The van der Waals surface area contributed by atoms with Crippen molar-refractivity contribution in [3.05, 3.63) is 35.4 Å². The summed E-state index contributed by atoms with van der Waals surface area (Å²) in [4.78, 5) is 0. The van der Waals surface area contributed by atoms with Gasteiger partial charge in [0.05, 0.1) is 7.11 Å². The first-order valence-electron chi connectivity index (χ1n) is 6.91. The topological polar surface area (TPSA) is 21.3 Å². The molecular weight excluding hydrogens is 234 g/mol. The lowest BCUT2D eigenvalue weighted by Crippen LogP contribution is -2.37. The zero-order valence-electron chi connectivity index (χ0n) is 13.1. The van der Waals surface area contributed by atoms with E-state index >= 15 is 0 Å². The first kappa shape index (κ1) is 15.8. The van der Waals surface area contributed by atoms with Gasteiger partial charge >= 0.3 is 0 Å². The summed E-state index contributed by atoms with van der Waals surface area (Å²) < 4.78 is 5.18. The van der Waals surface area contributed by atoms with E-state index in [1.54, 1.807) is 7.11 Å². The molecule has 0 aliphatic heterocycles. The lowest BCUT2D eigenvalue weighted by Gasteiger charge is -2.23. The summed E-state index contributed by atoms with van der Waals surface area (Å²) in [7, 11) is 1.69. The van der Waals surface area contributed by atoms with Crippen molar-refractivity contribution >= 4 is 6.08 Å². The Labute approximate surface area is 117 Å². The van der Waals surface area contributed by atoms with Crippen LogP contribution in [0.3, 0.4) is 0 Å². The maximum absolute atomic E-state index is 5.18. The Hall–Kier alpha value is -1.28. The highest BCUT2D eigenvalue weighted by Crippen LogP contribution is 2.18. The molecule has 2 nitrogen and oxygen atoms in total. The number of hydrogen-bond acceptors (Lipinski definition) is 2. The second kappa shape index (κ2) is 6.76. The maximum atomic E-state index is 5.18. The fraction of sp³-hybridized carbons (Fsp3) is 0.529. The molecule has 1 N–H and O–H groups in total. The zero-order chi connectivity index (χ0) is 14.5. The van der Waals surface area contributed by atoms with Gasteiger partial charge in [-0.3, -0.25) is 0 Å². The van der Waals surface area contributed by atoms with Gasteiger partial charge in [-0.15, -0.1) is 0 Å². The van der Waals surface area contributed by atoms with Crippen LogP contribution in [0.1, 0.15) is 40.2 Å². The van der Waals surface area contributed by atoms with Crippen LogP contribution >= 0.6 is 0 Å². The van der Waals surface area contributed by atoms with Crippen LogP contribution in [0.15, 0.2) is 29.8 Å². The predicted molar refractivity (Wildman–Crippen MR) is 83.6 cm³/mol. The highest BCUT2D eigenvalue weighted by atomic mass is 16.5. The van der Waals surface area contributed by atoms with E-state index in [0.29, 0.717) is 5.92 Å². The van der Waals surface area contributed by atoms with E-state index in [2.05, 4.69) is 58.1 Å². The van der Waals surface area contributed by atoms with Crippen molar-refractivity contribution in [2.24, 2.45) is 5.92 Å². The number of methoxy groups -OCH3 is 1. The molecule has 0 bridgehead atoms. The van der Waals surface area contributed by atoms with Crippen LogP contribution in [0, 0.1) is 5.92 Å². The van der Waals surface area contributed by atoms with Crippen LogP contribution in [0.5, 0.6) is 5.75 Å². The third-order valence-electron chi connectivity index (χ3n) is 3.03. The molecule has 1 rings (SSSR count). The molecule has 0 unspecified atom stereocenters. The molecule has 0 saturated carbocycles. The fourth-order valence-corrected chi connectivity index (χ4v) is 1.70. The Morgan fingerprint density at radius 2 is 1.79 bits per heavy atom. The van der Waals surface area contributed by atoms with Crippen molar-refractivity contribution in [1.82, 2.24) is 5.32 Å². The first-order valence-corrected chi connectivity index (χ1v) is 6.91. The second-order valence-electron chi connectivity index (χ2n) is 6.25. The Morgan fingerprint density at radius 1 is 1.21 bits per heavy atom. The summed E-state index contributed by atoms with van der Waals surface area (Å²) in [6.07, 6.45) is 2.27. The van der Waals surface area contributed by atoms with Crippen LogP contribution in [0.25, 0.3) is 6.08 Å². The highest BCUT2D eigenvalue weighted by molar-refractivity contribution is 5.54. The van der Waals surface area contributed by atoms with Gasteiger partial charge in [-0.25, -0.2) is 0 Å². The molecule has 0 amide bonds. The average molecular weight is 261 g/mol. The minimum atomic E-state index is 0.147. The maximum Gasteiger partial charge on any atom is 0.118 e. The summed E-state index contributed by atoms with van der Waals surface area (Å²) in [5.41, 5.74) is 2.79. The van der Waals surface area contributed by atoms with Crippen LogP contribution in [0.4, 0.5) is 0 Å². The second-order valence-corrected chi connectivity index (χ2v) is 6.25. The first-order chi connectivity index (χ1) is 8.81. The summed E-state index contributed by atoms with van der Waals surface area (Å²) in [6, 6.07) is 8.19. The van der Waals surface area contributed by atoms with Gasteiger partial charge in [-0.2, -0.15) is 0 Å². The van der Waals surface area contributed by atoms with Crippen molar-refractivity contribution in [2.45, 2.75) is 40.2 Å². The van der Waals surface area contributed by atoms with E-state index in [-0.39, 0.29) is 5.54 Å². The standard InChI is InChI=1S/C17H27NO/c1-13(2)15(12-18-17(3,4)5)11-14-7-9-16(19-6)10-8-14/h7-11,13,18H,12H2,1-6H3. The molecule has 0 aliphatic carbocycles. The predicted octanol–water partition coefficient (Wildman–Crippen LogP) is 4.12. The summed E-state index contributed by atoms with van der Waals surface area (Å²) in [6.45, 7) is 12.0. The summed E-state index contributed by atoms with van der Waals surface area (Å²) >= 11 is 0. The minimum Gasteiger partial charge on any atom is -0.497 e. The van der Waals surface area contributed by atoms with E-state index in [4.69, 9.17) is 4.74 Å². The van der Waals surface area contributed by atoms with Crippen LogP contribution in [-0.4, -0.2) is 19.2 Å². The van der Waals surface area contributed by atoms with Gasteiger partial charge in [0.1, 0.15) is 5.75 Å². The molecular formula is C17H27NO. The fourth-order valence-electron chi connectivity index (χ4n) is 1.70. The van der Waals surface area contributed by atoms with Gasteiger partial charge in [-0.1, -0.05) is 37.6 Å². The van der Waals surface area contributed by atoms with E-state index < -0.39 is 0 Å². The van der Waals surface area contributed by atoms with Gasteiger partial charge in [0, 0.05) is 12.1 Å². The normalized spacial score (nSPS) is 12.9. The van der Waals surface area contributed by atoms with Crippen molar-refractivity contribution in [3.8, 4) is 5.75 Å². The summed E-state index contributed by atoms with van der Waals surface area (Å²) in [5.74, 6) is 1.44. The number of rotatable bonds is 5. The van der Waals surface area contributed by atoms with Crippen LogP contribution in [0.2, 0.25) is 0 Å². The SMILES string of the molecule is COc1ccc(C=C(CNC(C)(C)C)C(C)C)cc1. The van der Waals surface area contributed by atoms with Gasteiger partial charge < -0.3 is 10.1 Å². The van der Waals surface area contributed by atoms with Gasteiger partial charge in [0.25, 0.3) is 0 Å². The Balaban J connectivity index is 2.82. The molecule has 2 heteroatoms. The number of hydrogen-bond donors (Lipinski definition) is 1. The van der Waals surface area contributed by atoms with Crippen molar-refractivity contribution in [2.75, 3.05) is 13.7 Å². The van der Waals surface area contributed by atoms with E-state index in [0.717, 1.165) is 12.3 Å². The Morgan fingerprint density at radius 3 is 2.21 bits per heavy atom. The Bertz CT molecular complexity index is 410.